The number of sulfonamides is 1. The zero-order valence-corrected chi connectivity index (χ0v) is 16.1. The van der Waals surface area contributed by atoms with Crippen LogP contribution in [-0.2, 0) is 21.2 Å². The number of hydrogen-bond donors (Lipinski definition) is 2. The topological polar surface area (TPSA) is 118 Å². The van der Waals surface area contributed by atoms with Crippen molar-refractivity contribution in [1.82, 2.24) is 4.72 Å². The number of non-ortho nitro benzene ring substituents is 1. The van der Waals surface area contributed by atoms with Crippen LogP contribution in [0, 0.1) is 24.0 Å². The lowest BCUT2D eigenvalue weighted by molar-refractivity contribution is -0.385. The SMILES string of the molecule is CCc1cccc(NC(=O)CNS(=O)(=O)c2cc([N+](=O)[O-])cc(C)c2C)c1. The van der Waals surface area contributed by atoms with Crippen LogP contribution in [0.15, 0.2) is 41.3 Å². The summed E-state index contributed by atoms with van der Waals surface area (Å²) in [5, 5.41) is 13.6. The Morgan fingerprint density at radius 2 is 1.89 bits per heavy atom. The molecule has 0 fully saturated rings. The van der Waals surface area contributed by atoms with Crippen LogP contribution in [-0.4, -0.2) is 25.8 Å². The maximum atomic E-state index is 12.5. The minimum atomic E-state index is -4.08. The molecule has 0 heterocycles. The third kappa shape index (κ3) is 5.11. The van der Waals surface area contributed by atoms with E-state index in [1.54, 1.807) is 32.0 Å². The Morgan fingerprint density at radius 3 is 2.52 bits per heavy atom. The number of carbonyl (C=O) groups is 1. The molecule has 0 unspecified atom stereocenters. The van der Waals surface area contributed by atoms with Gasteiger partial charge in [0.1, 0.15) is 0 Å². The number of hydrogen-bond acceptors (Lipinski definition) is 5. The molecule has 0 atom stereocenters. The molecule has 144 valence electrons. The molecular weight excluding hydrogens is 370 g/mol. The minimum absolute atomic E-state index is 0.213. The highest BCUT2D eigenvalue weighted by atomic mass is 32.2. The first-order chi connectivity index (χ1) is 12.6. The number of rotatable bonds is 7. The number of amides is 1. The molecule has 2 aromatic rings. The number of benzene rings is 2. The van der Waals surface area contributed by atoms with Gasteiger partial charge in [0.25, 0.3) is 5.69 Å². The number of carbonyl (C=O) groups excluding carboxylic acids is 1. The predicted octanol–water partition coefficient (Wildman–Crippen LogP) is 2.69. The van der Waals surface area contributed by atoms with Crippen LogP contribution in [0.3, 0.4) is 0 Å². The molecule has 2 aromatic carbocycles. The summed E-state index contributed by atoms with van der Waals surface area (Å²) < 4.78 is 27.2. The van der Waals surface area contributed by atoms with Crippen LogP contribution in [0.5, 0.6) is 0 Å². The zero-order valence-electron chi connectivity index (χ0n) is 15.3. The van der Waals surface area contributed by atoms with E-state index in [-0.39, 0.29) is 10.6 Å². The number of nitrogens with zero attached hydrogens (tertiary/aromatic N) is 1. The highest BCUT2D eigenvalue weighted by Gasteiger charge is 2.23. The van der Waals surface area contributed by atoms with E-state index in [1.165, 1.54) is 6.07 Å². The quantitative estimate of drug-likeness (QED) is 0.556. The summed E-state index contributed by atoms with van der Waals surface area (Å²) in [4.78, 5) is 22.2. The summed E-state index contributed by atoms with van der Waals surface area (Å²) >= 11 is 0. The Labute approximate surface area is 157 Å². The van der Waals surface area contributed by atoms with Crippen molar-refractivity contribution >= 4 is 27.3 Å². The molecule has 0 aromatic heterocycles. The number of anilines is 1. The molecule has 0 saturated heterocycles. The van der Waals surface area contributed by atoms with Crippen LogP contribution >= 0.6 is 0 Å². The minimum Gasteiger partial charge on any atom is -0.325 e. The van der Waals surface area contributed by atoms with Gasteiger partial charge in [0, 0.05) is 17.8 Å². The van der Waals surface area contributed by atoms with Crippen molar-refractivity contribution in [2.45, 2.75) is 32.1 Å². The van der Waals surface area contributed by atoms with E-state index in [9.17, 15) is 23.3 Å². The van der Waals surface area contributed by atoms with Crippen LogP contribution in [0.4, 0.5) is 11.4 Å². The summed E-state index contributed by atoms with van der Waals surface area (Å²) in [6, 6.07) is 9.54. The van der Waals surface area contributed by atoms with Crippen molar-refractivity contribution in [1.29, 1.82) is 0 Å². The molecule has 8 nitrogen and oxygen atoms in total. The van der Waals surface area contributed by atoms with E-state index >= 15 is 0 Å². The Morgan fingerprint density at radius 1 is 1.19 bits per heavy atom. The van der Waals surface area contributed by atoms with Crippen LogP contribution in [0.1, 0.15) is 23.6 Å². The second-order valence-corrected chi connectivity index (χ2v) is 7.80. The molecular formula is C18H21N3O5S. The van der Waals surface area contributed by atoms with Gasteiger partial charge in [-0.1, -0.05) is 19.1 Å². The van der Waals surface area contributed by atoms with Gasteiger partial charge >= 0.3 is 0 Å². The standard InChI is InChI=1S/C18H21N3O5S/c1-4-14-6-5-7-15(9-14)20-18(22)11-19-27(25,26)17-10-16(21(23)24)8-12(2)13(17)3/h5-10,19H,4,11H2,1-3H3,(H,20,22). The lowest BCUT2D eigenvalue weighted by Gasteiger charge is -2.12. The molecule has 0 spiro atoms. The molecule has 0 aliphatic rings. The summed E-state index contributed by atoms with van der Waals surface area (Å²) in [7, 11) is -4.08. The molecule has 1 amide bonds. The smallest absolute Gasteiger partial charge is 0.271 e. The fraction of sp³-hybridized carbons (Fsp3) is 0.278. The average molecular weight is 391 g/mol. The highest BCUT2D eigenvalue weighted by molar-refractivity contribution is 7.89. The monoisotopic (exact) mass is 391 g/mol. The Balaban J connectivity index is 2.14. The molecule has 0 radical (unpaired) electrons. The van der Waals surface area contributed by atoms with Gasteiger partial charge in [0.15, 0.2) is 0 Å². The molecule has 0 saturated carbocycles. The molecule has 27 heavy (non-hydrogen) atoms. The molecule has 0 bridgehead atoms. The fourth-order valence-corrected chi connectivity index (χ4v) is 3.82. The van der Waals surface area contributed by atoms with Gasteiger partial charge in [-0.15, -0.1) is 0 Å². The first kappa shape index (κ1) is 20.5. The molecule has 0 aliphatic carbocycles. The van der Waals surface area contributed by atoms with Crippen molar-refractivity contribution in [3.63, 3.8) is 0 Å². The summed E-state index contributed by atoms with van der Waals surface area (Å²) in [6.45, 7) is 4.65. The van der Waals surface area contributed by atoms with E-state index in [0.29, 0.717) is 16.8 Å². The van der Waals surface area contributed by atoms with Gasteiger partial charge < -0.3 is 5.32 Å². The summed E-state index contributed by atoms with van der Waals surface area (Å²) in [6.07, 6.45) is 0.807. The number of nitrogens with one attached hydrogen (secondary N) is 2. The van der Waals surface area contributed by atoms with E-state index in [4.69, 9.17) is 0 Å². The van der Waals surface area contributed by atoms with Gasteiger partial charge in [-0.3, -0.25) is 14.9 Å². The molecule has 9 heteroatoms. The maximum Gasteiger partial charge on any atom is 0.271 e. The van der Waals surface area contributed by atoms with Gasteiger partial charge in [-0.05, 0) is 49.1 Å². The first-order valence-corrected chi connectivity index (χ1v) is 9.76. The Hall–Kier alpha value is -2.78. The van der Waals surface area contributed by atoms with Crippen molar-refractivity contribution in [3.8, 4) is 0 Å². The summed E-state index contributed by atoms with van der Waals surface area (Å²) in [5.74, 6) is -0.536. The second kappa shape index (κ2) is 8.28. The third-order valence-corrected chi connectivity index (χ3v) is 5.67. The van der Waals surface area contributed by atoms with Crippen LogP contribution in [0.2, 0.25) is 0 Å². The lowest BCUT2D eigenvalue weighted by atomic mass is 10.1. The summed E-state index contributed by atoms with van der Waals surface area (Å²) in [5.41, 5.74) is 2.16. The Bertz CT molecular complexity index is 986. The van der Waals surface area contributed by atoms with Crippen molar-refractivity contribution in [2.75, 3.05) is 11.9 Å². The average Bonchev–Trinajstić information content (AvgIpc) is 2.62. The number of nitro benzene ring substituents is 1. The third-order valence-electron chi connectivity index (χ3n) is 4.15. The second-order valence-electron chi connectivity index (χ2n) is 6.07. The molecule has 2 N–H and O–H groups in total. The normalized spacial score (nSPS) is 11.2. The van der Waals surface area contributed by atoms with Crippen molar-refractivity contribution in [3.05, 3.63) is 63.2 Å². The largest absolute Gasteiger partial charge is 0.325 e. The van der Waals surface area contributed by atoms with E-state index in [2.05, 4.69) is 10.0 Å². The van der Waals surface area contributed by atoms with Crippen molar-refractivity contribution < 1.29 is 18.1 Å². The number of nitro groups is 1. The number of aryl methyl sites for hydroxylation is 2. The lowest BCUT2D eigenvalue weighted by Crippen LogP contribution is -2.33. The highest BCUT2D eigenvalue weighted by Crippen LogP contribution is 2.25. The maximum absolute atomic E-state index is 12.5. The van der Waals surface area contributed by atoms with E-state index in [0.717, 1.165) is 18.1 Å². The molecule has 0 aliphatic heterocycles. The molecule has 2 rings (SSSR count). The fourth-order valence-electron chi connectivity index (χ4n) is 2.51. The van der Waals surface area contributed by atoms with E-state index < -0.39 is 27.4 Å². The van der Waals surface area contributed by atoms with Gasteiger partial charge in [0.2, 0.25) is 15.9 Å². The predicted molar refractivity (Wildman–Crippen MR) is 102 cm³/mol. The van der Waals surface area contributed by atoms with E-state index in [1.807, 2.05) is 13.0 Å². The van der Waals surface area contributed by atoms with Crippen molar-refractivity contribution in [2.24, 2.45) is 0 Å². The Kier molecular flexibility index (Phi) is 6.29. The van der Waals surface area contributed by atoms with Gasteiger partial charge in [0.05, 0.1) is 16.4 Å². The van der Waals surface area contributed by atoms with Crippen LogP contribution < -0.4 is 10.0 Å². The van der Waals surface area contributed by atoms with Crippen LogP contribution in [0.25, 0.3) is 0 Å². The zero-order chi connectivity index (χ0) is 20.2. The van der Waals surface area contributed by atoms with Gasteiger partial charge in [-0.2, -0.15) is 0 Å². The van der Waals surface area contributed by atoms with Gasteiger partial charge in [-0.25, -0.2) is 13.1 Å². The first-order valence-electron chi connectivity index (χ1n) is 8.28.